The van der Waals surface area contributed by atoms with Crippen LogP contribution in [0.2, 0.25) is 0 Å². The molecule has 4 aliphatic rings. The Balaban J connectivity index is 1.59. The highest BCUT2D eigenvalue weighted by Crippen LogP contribution is 2.64. The number of hydrogen-bond donors (Lipinski definition) is 1. The van der Waals surface area contributed by atoms with E-state index in [1.165, 1.54) is 12.2 Å². The predicted molar refractivity (Wildman–Crippen MR) is 114 cm³/mol. The van der Waals surface area contributed by atoms with Crippen LogP contribution >= 0.6 is 0 Å². The van der Waals surface area contributed by atoms with Gasteiger partial charge in [-0.1, -0.05) is 31.4 Å². The second-order valence-electron chi connectivity index (χ2n) is 8.77. The Bertz CT molecular complexity index is 1070. The molecule has 4 unspecified atom stereocenters. The first-order chi connectivity index (χ1) is 15.9. The van der Waals surface area contributed by atoms with Gasteiger partial charge in [0, 0.05) is 18.5 Å². The minimum atomic E-state index is -1.39. The number of piperidine rings is 1. The Labute approximate surface area is 190 Å². The maximum absolute atomic E-state index is 13.0. The lowest BCUT2D eigenvalue weighted by atomic mass is 9.49. The second kappa shape index (κ2) is 7.62. The first-order valence-electron chi connectivity index (χ1n) is 10.9. The van der Waals surface area contributed by atoms with E-state index in [2.05, 4.69) is 13.2 Å². The zero-order chi connectivity index (χ0) is 23.4. The molecular formula is C24H25NO8. The van der Waals surface area contributed by atoms with Crippen LogP contribution < -0.4 is 9.47 Å². The molecule has 5 rings (SSSR count). The van der Waals surface area contributed by atoms with E-state index in [9.17, 15) is 19.5 Å². The number of Topliss-reactive ketones (excluding diaryl/α,β-unsaturated/α-hetero) is 1. The number of carbonyl (C=O) groups excluding carboxylic acids is 3. The molecule has 33 heavy (non-hydrogen) atoms. The van der Waals surface area contributed by atoms with Gasteiger partial charge in [-0.15, -0.1) is 0 Å². The maximum atomic E-state index is 13.0. The highest BCUT2D eigenvalue weighted by molar-refractivity contribution is 5.90. The van der Waals surface area contributed by atoms with Crippen molar-refractivity contribution in [3.05, 3.63) is 48.6 Å². The third-order valence-electron chi connectivity index (χ3n) is 7.31. The third kappa shape index (κ3) is 2.84. The Morgan fingerprint density at radius 2 is 1.97 bits per heavy atom. The molecule has 9 nitrogen and oxygen atoms in total. The fourth-order valence-electron chi connectivity index (χ4n) is 6.07. The molecule has 2 fully saturated rings. The van der Waals surface area contributed by atoms with Crippen LogP contribution in [-0.2, 0) is 26.1 Å². The van der Waals surface area contributed by atoms with Gasteiger partial charge in [0.1, 0.15) is 13.2 Å². The molecule has 9 heteroatoms. The van der Waals surface area contributed by atoms with Crippen molar-refractivity contribution in [2.45, 2.75) is 48.8 Å². The Hall–Kier alpha value is -3.33. The first kappa shape index (κ1) is 21.5. The number of rotatable bonds is 5. The molecule has 1 spiro atoms. The van der Waals surface area contributed by atoms with Gasteiger partial charge in [-0.25, -0.2) is 9.59 Å². The molecule has 1 aromatic carbocycles. The molecule has 2 aliphatic heterocycles. The molecule has 1 saturated carbocycles. The van der Waals surface area contributed by atoms with Crippen LogP contribution in [0, 0.1) is 0 Å². The van der Waals surface area contributed by atoms with Gasteiger partial charge in [0.05, 0.1) is 17.1 Å². The Morgan fingerprint density at radius 1 is 1.21 bits per heavy atom. The zero-order valence-corrected chi connectivity index (χ0v) is 18.1. The average molecular weight is 455 g/mol. The number of aliphatic hydroxyl groups is 1. The highest BCUT2D eigenvalue weighted by Gasteiger charge is 2.73. The fourth-order valence-corrected chi connectivity index (χ4v) is 6.07. The molecule has 0 radical (unpaired) electrons. The smallest absolute Gasteiger partial charge is 0.477 e. The highest BCUT2D eigenvalue weighted by atomic mass is 16.7. The molecule has 1 amide bonds. The quantitative estimate of drug-likeness (QED) is 0.409. The lowest BCUT2D eigenvalue weighted by Gasteiger charge is -2.61. The van der Waals surface area contributed by atoms with Gasteiger partial charge in [0.25, 0.3) is 0 Å². The summed E-state index contributed by atoms with van der Waals surface area (Å²) in [6.45, 7) is 7.42. The van der Waals surface area contributed by atoms with E-state index < -0.39 is 35.4 Å². The number of likely N-dealkylation sites (tertiary alicyclic amines) is 1. The van der Waals surface area contributed by atoms with Crippen LogP contribution in [0.15, 0.2) is 37.4 Å². The third-order valence-corrected chi connectivity index (χ3v) is 7.31. The summed E-state index contributed by atoms with van der Waals surface area (Å²) in [5, 5.41) is 12.1. The molecule has 1 saturated heterocycles. The largest absolute Gasteiger partial charge is 0.514 e. The average Bonchev–Trinajstić information content (AvgIpc) is 3.15. The number of ketones is 1. The predicted octanol–water partition coefficient (Wildman–Crippen LogP) is 2.43. The SMILES string of the molecule is C=CCOC(=O)Oc1ccc2c3c1OC1C(=O)CCC4(O)C(C2)N(C(=O)OCC=C)CCC314. The normalized spacial score (nSPS) is 30.6. The number of nitrogens with zero attached hydrogens (tertiary/aromatic N) is 1. The van der Waals surface area contributed by atoms with E-state index in [4.69, 9.17) is 18.9 Å². The molecule has 2 aliphatic carbocycles. The van der Waals surface area contributed by atoms with Crippen LogP contribution in [0.4, 0.5) is 9.59 Å². The number of ether oxygens (including phenoxy) is 4. The molecule has 2 bridgehead atoms. The van der Waals surface area contributed by atoms with E-state index in [1.807, 2.05) is 0 Å². The van der Waals surface area contributed by atoms with Crippen molar-refractivity contribution in [1.82, 2.24) is 4.90 Å². The molecular weight excluding hydrogens is 430 g/mol. The van der Waals surface area contributed by atoms with Crippen molar-refractivity contribution < 1.29 is 38.4 Å². The minimum Gasteiger partial charge on any atom is -0.477 e. The molecule has 0 aromatic heterocycles. The van der Waals surface area contributed by atoms with E-state index in [-0.39, 0.29) is 43.3 Å². The van der Waals surface area contributed by atoms with Crippen molar-refractivity contribution in [1.29, 1.82) is 0 Å². The number of carbonyl (C=O) groups is 3. The van der Waals surface area contributed by atoms with E-state index in [0.29, 0.717) is 24.9 Å². The first-order valence-corrected chi connectivity index (χ1v) is 10.9. The summed E-state index contributed by atoms with van der Waals surface area (Å²) in [4.78, 5) is 39.4. The van der Waals surface area contributed by atoms with Gasteiger partial charge in [-0.05, 0) is 30.9 Å². The Kier molecular flexibility index (Phi) is 4.97. The monoisotopic (exact) mass is 455 g/mol. The van der Waals surface area contributed by atoms with E-state index in [0.717, 1.165) is 5.56 Å². The number of benzene rings is 1. The van der Waals surface area contributed by atoms with Crippen LogP contribution in [0.25, 0.3) is 0 Å². The van der Waals surface area contributed by atoms with Gasteiger partial charge in [0.2, 0.25) is 0 Å². The summed E-state index contributed by atoms with van der Waals surface area (Å²) >= 11 is 0. The van der Waals surface area contributed by atoms with Gasteiger partial charge in [-0.3, -0.25) is 4.79 Å². The van der Waals surface area contributed by atoms with Gasteiger partial charge in [0.15, 0.2) is 23.4 Å². The van der Waals surface area contributed by atoms with Crippen LogP contribution in [0.5, 0.6) is 11.5 Å². The zero-order valence-electron chi connectivity index (χ0n) is 18.1. The van der Waals surface area contributed by atoms with Crippen LogP contribution in [0.3, 0.4) is 0 Å². The van der Waals surface area contributed by atoms with Crippen molar-refractivity contribution in [3.8, 4) is 11.5 Å². The maximum Gasteiger partial charge on any atom is 0.514 e. The number of hydrogen-bond acceptors (Lipinski definition) is 8. The molecule has 1 N–H and O–H groups in total. The summed E-state index contributed by atoms with van der Waals surface area (Å²) < 4.78 is 21.7. The summed E-state index contributed by atoms with van der Waals surface area (Å²) in [5.41, 5.74) is -0.899. The van der Waals surface area contributed by atoms with E-state index in [1.54, 1.807) is 17.0 Å². The van der Waals surface area contributed by atoms with Gasteiger partial charge < -0.3 is 29.0 Å². The van der Waals surface area contributed by atoms with Crippen molar-refractivity contribution in [3.63, 3.8) is 0 Å². The van der Waals surface area contributed by atoms with E-state index >= 15 is 0 Å². The molecule has 2 heterocycles. The second-order valence-corrected chi connectivity index (χ2v) is 8.77. The summed E-state index contributed by atoms with van der Waals surface area (Å²) in [7, 11) is 0. The standard InChI is InChI=1S/C24H25NO8/c1-3-11-30-21(27)25-10-9-23-18-14-5-6-16(32-22(28)31-12-4-2)19(18)33-20(23)15(26)7-8-24(23,29)17(25)13-14/h3-6,17,20,29H,1-2,7-13H2. The fraction of sp³-hybridized carbons (Fsp3) is 0.458. The Morgan fingerprint density at radius 3 is 2.73 bits per heavy atom. The molecule has 4 atom stereocenters. The van der Waals surface area contributed by atoms with Crippen LogP contribution in [0.1, 0.15) is 30.4 Å². The number of amides is 1. The van der Waals surface area contributed by atoms with Crippen molar-refractivity contribution in [2.75, 3.05) is 19.8 Å². The van der Waals surface area contributed by atoms with Gasteiger partial charge in [-0.2, -0.15) is 0 Å². The van der Waals surface area contributed by atoms with Crippen molar-refractivity contribution >= 4 is 18.0 Å². The summed E-state index contributed by atoms with van der Waals surface area (Å²) in [5.74, 6) is 0.293. The summed E-state index contributed by atoms with van der Waals surface area (Å²) in [6.07, 6.45) is 1.53. The minimum absolute atomic E-state index is 0.00969. The molecule has 1 aromatic rings. The lowest BCUT2D eigenvalue weighted by Crippen LogP contribution is -2.77. The topological polar surface area (TPSA) is 112 Å². The van der Waals surface area contributed by atoms with Crippen molar-refractivity contribution in [2.24, 2.45) is 0 Å². The van der Waals surface area contributed by atoms with Gasteiger partial charge >= 0.3 is 12.2 Å². The lowest BCUT2D eigenvalue weighted by molar-refractivity contribution is -0.183. The molecule has 174 valence electrons. The summed E-state index contributed by atoms with van der Waals surface area (Å²) in [6, 6.07) is 2.79. The van der Waals surface area contributed by atoms with Crippen LogP contribution in [-0.4, -0.2) is 65.5 Å².